The minimum Gasteiger partial charge on any atom is -0.508 e. The van der Waals surface area contributed by atoms with Crippen LogP contribution in [0.5, 0.6) is 11.5 Å². The largest absolute Gasteiger partial charge is 0.508 e. The van der Waals surface area contributed by atoms with E-state index >= 15 is 0 Å². The molecule has 0 aliphatic rings. The van der Waals surface area contributed by atoms with Gasteiger partial charge in [-0.25, -0.2) is 9.68 Å². The molecule has 0 unspecified atom stereocenters. The number of phenolic OH excluding ortho intramolecular Hbond substituents is 2. The Morgan fingerprint density at radius 3 is 1.98 bits per heavy atom. The van der Waals surface area contributed by atoms with Gasteiger partial charge in [-0.05, 0) is 76.9 Å². The smallest absolute Gasteiger partial charge is 0.336 e. The Labute approximate surface area is 237 Å². The molecule has 4 aromatic carbocycles. The van der Waals surface area contributed by atoms with Crippen molar-refractivity contribution in [1.82, 2.24) is 0 Å². The van der Waals surface area contributed by atoms with Crippen LogP contribution in [0.4, 0.5) is 11.4 Å². The van der Waals surface area contributed by atoms with Crippen LogP contribution in [0, 0.1) is 0 Å². The first-order chi connectivity index (χ1) is 19.2. The molecule has 0 aromatic heterocycles. The number of hydrogen-bond donors (Lipinski definition) is 6. The molecule has 1 amide bonds. The van der Waals surface area contributed by atoms with Gasteiger partial charge in [0.1, 0.15) is 24.7 Å². The minimum atomic E-state index is -1.31. The molecular formula is C28H22Cl2N2O8. The summed E-state index contributed by atoms with van der Waals surface area (Å²) in [5.41, 5.74) is 5.61. The van der Waals surface area contributed by atoms with Gasteiger partial charge in [0.05, 0.1) is 32.5 Å². The second-order valence-corrected chi connectivity index (χ2v) is 9.31. The highest BCUT2D eigenvalue weighted by Gasteiger charge is 2.18. The van der Waals surface area contributed by atoms with Crippen LogP contribution in [0.1, 0.15) is 31.8 Å². The van der Waals surface area contributed by atoms with E-state index in [4.69, 9.17) is 33.3 Å². The molecule has 12 heteroatoms. The normalized spacial score (nSPS) is 10.8. The number of halogens is 2. The molecule has 4 rings (SSSR count). The minimum absolute atomic E-state index is 0.0382. The van der Waals surface area contributed by atoms with Crippen molar-refractivity contribution in [3.63, 3.8) is 0 Å². The van der Waals surface area contributed by atoms with Crippen molar-refractivity contribution < 1.29 is 39.9 Å². The van der Waals surface area contributed by atoms with E-state index in [1.807, 2.05) is 0 Å². The number of carboxylic acid groups (broad SMARTS) is 1. The lowest BCUT2D eigenvalue weighted by atomic mass is 10.0. The number of amides is 1. The third-order valence-corrected chi connectivity index (χ3v) is 6.44. The molecule has 0 saturated heterocycles. The molecule has 0 atom stereocenters. The van der Waals surface area contributed by atoms with Gasteiger partial charge in [0.15, 0.2) is 0 Å². The first-order valence-electron chi connectivity index (χ1n) is 11.6. The van der Waals surface area contributed by atoms with Crippen LogP contribution in [0.25, 0.3) is 11.1 Å². The molecule has 10 nitrogen and oxygen atoms in total. The molecule has 0 saturated carbocycles. The summed E-state index contributed by atoms with van der Waals surface area (Å²) in [4.78, 5) is 33.9. The summed E-state index contributed by atoms with van der Waals surface area (Å²) in [7, 11) is 0. The van der Waals surface area contributed by atoms with Crippen LogP contribution >= 0.6 is 23.2 Å². The van der Waals surface area contributed by atoms with Gasteiger partial charge in [0.2, 0.25) is 0 Å². The summed E-state index contributed by atoms with van der Waals surface area (Å²) in [6.45, 7) is -0.0246. The highest BCUT2D eigenvalue weighted by Crippen LogP contribution is 2.33. The van der Waals surface area contributed by atoms with E-state index in [2.05, 4.69) is 15.7 Å². The van der Waals surface area contributed by atoms with Gasteiger partial charge in [-0.3, -0.25) is 20.4 Å². The molecule has 0 bridgehead atoms. The zero-order chi connectivity index (χ0) is 28.8. The van der Waals surface area contributed by atoms with E-state index in [1.54, 1.807) is 42.5 Å². The van der Waals surface area contributed by atoms with Crippen LogP contribution in [0.2, 0.25) is 10.0 Å². The van der Waals surface area contributed by atoms with E-state index in [9.17, 15) is 24.9 Å². The van der Waals surface area contributed by atoms with Crippen LogP contribution in [-0.4, -0.2) is 32.5 Å². The number of aromatic carboxylic acids is 1. The van der Waals surface area contributed by atoms with Crippen LogP contribution in [0.3, 0.4) is 0 Å². The van der Waals surface area contributed by atoms with Crippen molar-refractivity contribution >= 4 is 46.5 Å². The van der Waals surface area contributed by atoms with E-state index < -0.39 is 11.9 Å². The average molecular weight is 585 g/mol. The molecule has 6 N–H and O–H groups in total. The first-order valence-corrected chi connectivity index (χ1v) is 12.3. The molecular weight excluding hydrogens is 563 g/mol. The summed E-state index contributed by atoms with van der Waals surface area (Å²) in [5.74, 6) is -2.27. The Hall–Kier alpha value is -4.32. The summed E-state index contributed by atoms with van der Waals surface area (Å²) in [6.07, 6.45) is 0. The summed E-state index contributed by atoms with van der Waals surface area (Å²) in [5, 5.41) is 40.6. The number of carboxylic acids is 1. The van der Waals surface area contributed by atoms with Gasteiger partial charge in [-0.15, -0.1) is 0 Å². The van der Waals surface area contributed by atoms with Crippen molar-refractivity contribution in [1.29, 1.82) is 0 Å². The standard InChI is InChI=1S/C28H22Cl2N2O8/c29-23-10-15(2-7-25(23)31-27(35)22-12-20(34)5-6-21(22)28(36)37)16-3-8-26(24(30)11-16)32-39-13-18-9-19(33)4-1-17(18)14-40-38/h1-12,32-34,38H,13-14H2,(H,31,35)(H,36,37). The summed E-state index contributed by atoms with van der Waals surface area (Å²) >= 11 is 12.8. The number of hydrogen-bond acceptors (Lipinski definition) is 8. The maximum absolute atomic E-state index is 12.7. The molecule has 206 valence electrons. The monoisotopic (exact) mass is 584 g/mol. The molecule has 0 spiro atoms. The number of rotatable bonds is 10. The van der Waals surface area contributed by atoms with Gasteiger partial charge in [0, 0.05) is 0 Å². The lowest BCUT2D eigenvalue weighted by Gasteiger charge is -2.13. The SMILES string of the molecule is O=C(O)c1ccc(O)cc1C(=O)Nc1ccc(-c2ccc(NOCc3cc(O)ccc3COO)c(Cl)c2)cc1Cl. The predicted molar refractivity (Wildman–Crippen MR) is 149 cm³/mol. The first kappa shape index (κ1) is 28.7. The van der Waals surface area contributed by atoms with E-state index in [1.165, 1.54) is 18.2 Å². The van der Waals surface area contributed by atoms with Crippen molar-refractivity contribution in [3.05, 3.63) is 105 Å². The van der Waals surface area contributed by atoms with Crippen LogP contribution in [-0.2, 0) is 22.9 Å². The van der Waals surface area contributed by atoms with Gasteiger partial charge >= 0.3 is 5.97 Å². The quantitative estimate of drug-likeness (QED) is 0.0896. The molecule has 0 aliphatic heterocycles. The van der Waals surface area contributed by atoms with Crippen LogP contribution < -0.4 is 10.8 Å². The average Bonchev–Trinajstić information content (AvgIpc) is 2.92. The number of carbonyl (C=O) groups is 2. The lowest BCUT2D eigenvalue weighted by Crippen LogP contribution is -2.16. The fourth-order valence-corrected chi connectivity index (χ4v) is 4.27. The molecule has 0 heterocycles. The number of phenols is 2. The van der Waals surface area contributed by atoms with Gasteiger partial charge in [-0.1, -0.05) is 41.4 Å². The number of carbonyl (C=O) groups excluding carboxylic acids is 1. The van der Waals surface area contributed by atoms with Crippen molar-refractivity contribution in [3.8, 4) is 22.6 Å². The highest BCUT2D eigenvalue weighted by atomic mass is 35.5. The second kappa shape index (κ2) is 12.7. The van der Waals surface area contributed by atoms with Gasteiger partial charge < -0.3 is 20.6 Å². The molecule has 4 aromatic rings. The van der Waals surface area contributed by atoms with Crippen molar-refractivity contribution in [2.24, 2.45) is 0 Å². The van der Waals surface area contributed by atoms with Crippen molar-refractivity contribution in [2.45, 2.75) is 13.2 Å². The number of nitrogens with one attached hydrogen (secondary N) is 2. The van der Waals surface area contributed by atoms with E-state index in [0.29, 0.717) is 33.0 Å². The zero-order valence-corrected chi connectivity index (χ0v) is 22.0. The molecule has 0 fully saturated rings. The fraction of sp³-hybridized carbons (Fsp3) is 0.0714. The maximum Gasteiger partial charge on any atom is 0.336 e. The summed E-state index contributed by atoms with van der Waals surface area (Å²) in [6, 6.07) is 18.0. The Kier molecular flexibility index (Phi) is 9.10. The van der Waals surface area contributed by atoms with Crippen molar-refractivity contribution in [2.75, 3.05) is 10.8 Å². The molecule has 0 radical (unpaired) electrons. The maximum atomic E-state index is 12.7. The Bertz CT molecular complexity index is 1580. The van der Waals surface area contributed by atoms with Gasteiger partial charge in [0.25, 0.3) is 5.91 Å². The van der Waals surface area contributed by atoms with Gasteiger partial charge in [-0.2, -0.15) is 0 Å². The van der Waals surface area contributed by atoms with E-state index in [-0.39, 0.29) is 46.5 Å². The Morgan fingerprint density at radius 2 is 1.35 bits per heavy atom. The molecule has 0 aliphatic carbocycles. The summed E-state index contributed by atoms with van der Waals surface area (Å²) < 4.78 is 0. The Balaban J connectivity index is 1.44. The van der Waals surface area contributed by atoms with Crippen LogP contribution in [0.15, 0.2) is 72.8 Å². The predicted octanol–water partition coefficient (Wildman–Crippen LogP) is 6.56. The third kappa shape index (κ3) is 6.81. The van der Waals surface area contributed by atoms with E-state index in [0.717, 1.165) is 12.1 Å². The topological polar surface area (TPSA) is 158 Å². The zero-order valence-electron chi connectivity index (χ0n) is 20.5. The molecule has 40 heavy (non-hydrogen) atoms. The highest BCUT2D eigenvalue weighted by molar-refractivity contribution is 6.34. The fourth-order valence-electron chi connectivity index (χ4n) is 3.82. The Morgan fingerprint density at radius 1 is 0.725 bits per heavy atom. The third-order valence-electron chi connectivity index (χ3n) is 5.82. The number of benzene rings is 4. The lowest BCUT2D eigenvalue weighted by molar-refractivity contribution is -0.253. The second-order valence-electron chi connectivity index (χ2n) is 8.50. The number of aromatic hydroxyl groups is 2. The number of anilines is 2.